The maximum Gasteiger partial charge on any atom is 0.0821 e. The first-order chi connectivity index (χ1) is 4.97. The highest BCUT2D eigenvalue weighted by molar-refractivity contribution is 7.99. The van der Waals surface area contributed by atoms with E-state index in [1.807, 2.05) is 11.8 Å². The maximum absolute atomic E-state index is 5.37. The molecule has 1 aromatic rings. The van der Waals surface area contributed by atoms with Crippen LogP contribution in [-0.4, -0.2) is 12.4 Å². The Morgan fingerprint density at radius 3 is 3.50 bits per heavy atom. The summed E-state index contributed by atoms with van der Waals surface area (Å²) in [5.74, 6) is 1.10. The van der Waals surface area contributed by atoms with Crippen LogP contribution in [0.15, 0.2) is 16.3 Å². The van der Waals surface area contributed by atoms with Crippen molar-refractivity contribution in [3.05, 3.63) is 16.3 Å². The quantitative estimate of drug-likeness (QED) is 0.594. The van der Waals surface area contributed by atoms with Gasteiger partial charge in [0.15, 0.2) is 0 Å². The fraction of sp³-hybridized carbons (Fsp3) is 0.429. The fourth-order valence-corrected chi connectivity index (χ4v) is 2.85. The van der Waals surface area contributed by atoms with Gasteiger partial charge < -0.3 is 4.74 Å². The molecule has 1 aliphatic rings. The monoisotopic (exact) mass is 172 g/mol. The van der Waals surface area contributed by atoms with Crippen LogP contribution in [-0.2, 0) is 11.3 Å². The molecule has 0 amide bonds. The van der Waals surface area contributed by atoms with E-state index in [-0.39, 0.29) is 0 Å². The molecule has 0 saturated carbocycles. The lowest BCUT2D eigenvalue weighted by molar-refractivity contribution is 0.139. The molecule has 0 unspecified atom stereocenters. The molecule has 2 heterocycles. The SMILES string of the molecule is c1cc2c(s1)COCCS2. The van der Waals surface area contributed by atoms with Gasteiger partial charge in [0.05, 0.1) is 13.2 Å². The number of hydrogen-bond acceptors (Lipinski definition) is 3. The van der Waals surface area contributed by atoms with Crippen LogP contribution in [0.25, 0.3) is 0 Å². The normalized spacial score (nSPS) is 18.0. The molecule has 2 rings (SSSR count). The van der Waals surface area contributed by atoms with Gasteiger partial charge in [0, 0.05) is 15.5 Å². The average Bonchev–Trinajstić information content (AvgIpc) is 2.28. The second kappa shape index (κ2) is 2.95. The van der Waals surface area contributed by atoms with Gasteiger partial charge >= 0.3 is 0 Å². The van der Waals surface area contributed by atoms with E-state index in [9.17, 15) is 0 Å². The summed E-state index contributed by atoms with van der Waals surface area (Å²) in [6, 6.07) is 2.18. The zero-order valence-electron chi connectivity index (χ0n) is 5.50. The van der Waals surface area contributed by atoms with E-state index in [1.165, 1.54) is 9.77 Å². The summed E-state index contributed by atoms with van der Waals surface area (Å²) in [5.41, 5.74) is 0. The second-order valence-electron chi connectivity index (χ2n) is 2.11. The zero-order chi connectivity index (χ0) is 6.81. The molecule has 0 atom stereocenters. The second-order valence-corrected chi connectivity index (χ2v) is 4.25. The highest BCUT2D eigenvalue weighted by Crippen LogP contribution is 2.30. The number of thiophene rings is 1. The molecule has 0 saturated heterocycles. The lowest BCUT2D eigenvalue weighted by Crippen LogP contribution is -1.91. The number of hydrogen-bond donors (Lipinski definition) is 0. The molecule has 0 aromatic carbocycles. The Labute approximate surface area is 68.4 Å². The molecule has 1 nitrogen and oxygen atoms in total. The average molecular weight is 172 g/mol. The van der Waals surface area contributed by atoms with Crippen LogP contribution in [0.3, 0.4) is 0 Å². The molecule has 0 fully saturated rings. The van der Waals surface area contributed by atoms with Crippen molar-refractivity contribution in [2.75, 3.05) is 12.4 Å². The summed E-state index contributed by atoms with van der Waals surface area (Å²) in [7, 11) is 0. The molecule has 0 aliphatic carbocycles. The van der Waals surface area contributed by atoms with Gasteiger partial charge in [-0.15, -0.1) is 23.1 Å². The summed E-state index contributed by atoms with van der Waals surface area (Å²) in [6.45, 7) is 1.71. The van der Waals surface area contributed by atoms with Crippen LogP contribution < -0.4 is 0 Å². The van der Waals surface area contributed by atoms with Gasteiger partial charge in [0.1, 0.15) is 0 Å². The van der Waals surface area contributed by atoms with E-state index in [4.69, 9.17) is 4.74 Å². The van der Waals surface area contributed by atoms with Gasteiger partial charge in [-0.05, 0) is 11.4 Å². The van der Waals surface area contributed by atoms with E-state index in [0.29, 0.717) is 0 Å². The Kier molecular flexibility index (Phi) is 1.97. The minimum atomic E-state index is 0.819. The Bertz CT molecular complexity index is 199. The molecule has 0 radical (unpaired) electrons. The summed E-state index contributed by atoms with van der Waals surface area (Å²) in [5, 5.41) is 2.13. The van der Waals surface area contributed by atoms with Gasteiger partial charge in [-0.1, -0.05) is 0 Å². The minimum absolute atomic E-state index is 0.819. The molecular formula is C7H8OS2. The third-order valence-electron chi connectivity index (χ3n) is 1.42. The van der Waals surface area contributed by atoms with Gasteiger partial charge in [-0.3, -0.25) is 0 Å². The van der Waals surface area contributed by atoms with Gasteiger partial charge in [-0.25, -0.2) is 0 Å². The van der Waals surface area contributed by atoms with Crippen molar-refractivity contribution in [1.29, 1.82) is 0 Å². The van der Waals surface area contributed by atoms with Crippen LogP contribution >= 0.6 is 23.1 Å². The Morgan fingerprint density at radius 2 is 2.50 bits per heavy atom. The summed E-state index contributed by atoms with van der Waals surface area (Å²) in [4.78, 5) is 2.81. The number of ether oxygens (including phenoxy) is 1. The first-order valence-electron chi connectivity index (χ1n) is 3.24. The summed E-state index contributed by atoms with van der Waals surface area (Å²) < 4.78 is 5.37. The molecule has 10 heavy (non-hydrogen) atoms. The van der Waals surface area contributed by atoms with Crippen LogP contribution in [0.1, 0.15) is 4.88 Å². The third kappa shape index (κ3) is 1.21. The first kappa shape index (κ1) is 6.70. The summed E-state index contributed by atoms with van der Waals surface area (Å²) >= 11 is 3.69. The Hall–Kier alpha value is 0.01000. The molecule has 0 spiro atoms. The van der Waals surface area contributed by atoms with E-state index in [0.717, 1.165) is 19.0 Å². The minimum Gasteiger partial charge on any atom is -0.375 e. The van der Waals surface area contributed by atoms with Crippen molar-refractivity contribution < 1.29 is 4.74 Å². The van der Waals surface area contributed by atoms with Crippen LogP contribution in [0.2, 0.25) is 0 Å². The summed E-state index contributed by atoms with van der Waals surface area (Å²) in [6.07, 6.45) is 0. The zero-order valence-corrected chi connectivity index (χ0v) is 7.13. The van der Waals surface area contributed by atoms with Crippen molar-refractivity contribution in [3.63, 3.8) is 0 Å². The molecule has 54 valence electrons. The van der Waals surface area contributed by atoms with Crippen molar-refractivity contribution in [1.82, 2.24) is 0 Å². The Balaban J connectivity index is 2.28. The van der Waals surface area contributed by atoms with E-state index in [1.54, 1.807) is 11.3 Å². The topological polar surface area (TPSA) is 9.23 Å². The lowest BCUT2D eigenvalue weighted by atomic mass is 10.5. The molecule has 3 heteroatoms. The number of fused-ring (bicyclic) bond motifs is 1. The van der Waals surface area contributed by atoms with Crippen molar-refractivity contribution in [3.8, 4) is 0 Å². The highest BCUT2D eigenvalue weighted by Gasteiger charge is 2.08. The molecule has 0 N–H and O–H groups in total. The van der Waals surface area contributed by atoms with Crippen LogP contribution in [0, 0.1) is 0 Å². The number of thioether (sulfide) groups is 1. The van der Waals surface area contributed by atoms with E-state index >= 15 is 0 Å². The lowest BCUT2D eigenvalue weighted by Gasteiger charge is -1.93. The van der Waals surface area contributed by atoms with Gasteiger partial charge in [0.25, 0.3) is 0 Å². The molecule has 0 bridgehead atoms. The largest absolute Gasteiger partial charge is 0.375 e. The molecule has 1 aromatic heterocycles. The van der Waals surface area contributed by atoms with Gasteiger partial charge in [-0.2, -0.15) is 0 Å². The smallest absolute Gasteiger partial charge is 0.0821 e. The third-order valence-corrected chi connectivity index (χ3v) is 3.51. The van der Waals surface area contributed by atoms with E-state index in [2.05, 4.69) is 11.4 Å². The Morgan fingerprint density at radius 1 is 1.50 bits per heavy atom. The van der Waals surface area contributed by atoms with Crippen molar-refractivity contribution in [2.24, 2.45) is 0 Å². The van der Waals surface area contributed by atoms with Crippen molar-refractivity contribution in [2.45, 2.75) is 11.5 Å². The predicted octanol–water partition coefficient (Wildman–Crippen LogP) is 2.37. The first-order valence-corrected chi connectivity index (χ1v) is 5.10. The van der Waals surface area contributed by atoms with Crippen LogP contribution in [0.4, 0.5) is 0 Å². The number of rotatable bonds is 0. The van der Waals surface area contributed by atoms with Crippen LogP contribution in [0.5, 0.6) is 0 Å². The molecular weight excluding hydrogens is 164 g/mol. The van der Waals surface area contributed by atoms with Crippen molar-refractivity contribution >= 4 is 23.1 Å². The highest BCUT2D eigenvalue weighted by atomic mass is 32.2. The standard InChI is InChI=1S/C7H8OS2/c1-3-9-7-5-8-2-4-10-6(1)7/h1,3H,2,4-5H2. The maximum atomic E-state index is 5.37. The van der Waals surface area contributed by atoms with Gasteiger partial charge in [0.2, 0.25) is 0 Å². The predicted molar refractivity (Wildman–Crippen MR) is 44.7 cm³/mol. The molecule has 1 aliphatic heterocycles. The fourth-order valence-electron chi connectivity index (χ4n) is 0.938. The van der Waals surface area contributed by atoms with E-state index < -0.39 is 0 Å².